The van der Waals surface area contributed by atoms with Crippen LogP contribution in [0, 0.1) is 11.7 Å². The number of amides is 2. The molecule has 1 aromatic carbocycles. The number of hydrogen-bond acceptors (Lipinski definition) is 2. The lowest BCUT2D eigenvalue weighted by Gasteiger charge is -2.19. The van der Waals surface area contributed by atoms with Crippen LogP contribution in [-0.4, -0.2) is 17.9 Å². The van der Waals surface area contributed by atoms with Gasteiger partial charge in [0.2, 0.25) is 11.8 Å². The minimum Gasteiger partial charge on any atom is -0.353 e. The first-order chi connectivity index (χ1) is 11.5. The second-order valence-electron chi connectivity index (χ2n) is 7.06. The highest BCUT2D eigenvalue weighted by Crippen LogP contribution is 2.32. The molecule has 0 radical (unpaired) electrons. The summed E-state index contributed by atoms with van der Waals surface area (Å²) in [5, 5.41) is 5.93. The fourth-order valence-corrected chi connectivity index (χ4v) is 3.89. The number of halogens is 1. The maximum absolute atomic E-state index is 13.7. The Bertz CT molecular complexity index is 626. The van der Waals surface area contributed by atoms with Crippen molar-refractivity contribution in [3.8, 4) is 0 Å². The first kappa shape index (κ1) is 16.9. The van der Waals surface area contributed by atoms with Crippen molar-refractivity contribution < 1.29 is 14.0 Å². The Labute approximate surface area is 142 Å². The lowest BCUT2D eigenvalue weighted by atomic mass is 10.1. The van der Waals surface area contributed by atoms with Gasteiger partial charge in [-0.3, -0.25) is 9.59 Å². The molecule has 0 aromatic heterocycles. The molecule has 0 bridgehead atoms. The molecule has 2 aliphatic rings. The van der Waals surface area contributed by atoms with Gasteiger partial charge in [-0.2, -0.15) is 0 Å². The lowest BCUT2D eigenvalue weighted by Crippen LogP contribution is -2.40. The van der Waals surface area contributed by atoms with Crippen molar-refractivity contribution in [3.05, 3.63) is 35.1 Å². The van der Waals surface area contributed by atoms with E-state index in [1.807, 2.05) is 13.0 Å². The molecule has 24 heavy (non-hydrogen) atoms. The van der Waals surface area contributed by atoms with E-state index in [9.17, 15) is 14.0 Å². The molecule has 1 aromatic rings. The van der Waals surface area contributed by atoms with Gasteiger partial charge in [0.25, 0.3) is 0 Å². The molecular formula is C19H25FN2O2. The third-order valence-corrected chi connectivity index (χ3v) is 5.15. The van der Waals surface area contributed by atoms with E-state index in [0.717, 1.165) is 37.7 Å². The highest BCUT2D eigenvalue weighted by Gasteiger charge is 2.27. The SMILES string of the molecule is CC(CC(=O)NC1CCc2c(F)cccc21)NC(=O)C1CCCC1. The standard InChI is InChI=1S/C19H25FN2O2/c1-12(21-19(24)13-5-2-3-6-13)11-18(23)22-17-10-9-14-15(17)7-4-8-16(14)20/h4,7-8,12-13,17H,2-3,5-6,9-11H2,1H3,(H,21,24)(H,22,23). The molecule has 2 atom stereocenters. The maximum atomic E-state index is 13.7. The van der Waals surface area contributed by atoms with Crippen LogP contribution in [0.1, 0.15) is 62.6 Å². The van der Waals surface area contributed by atoms with Gasteiger partial charge < -0.3 is 10.6 Å². The summed E-state index contributed by atoms with van der Waals surface area (Å²) in [5.74, 6) is -0.112. The summed E-state index contributed by atoms with van der Waals surface area (Å²) in [5.41, 5.74) is 1.59. The molecule has 0 saturated heterocycles. The molecule has 130 valence electrons. The number of hydrogen-bond donors (Lipinski definition) is 2. The third kappa shape index (κ3) is 3.77. The van der Waals surface area contributed by atoms with Gasteiger partial charge in [-0.25, -0.2) is 4.39 Å². The second-order valence-corrected chi connectivity index (χ2v) is 7.06. The molecule has 2 unspecified atom stereocenters. The molecule has 1 saturated carbocycles. The van der Waals surface area contributed by atoms with Crippen molar-refractivity contribution >= 4 is 11.8 Å². The number of fused-ring (bicyclic) bond motifs is 1. The van der Waals surface area contributed by atoms with Crippen molar-refractivity contribution in [2.45, 2.75) is 64.0 Å². The third-order valence-electron chi connectivity index (χ3n) is 5.15. The van der Waals surface area contributed by atoms with Crippen molar-refractivity contribution in [2.75, 3.05) is 0 Å². The zero-order valence-electron chi connectivity index (χ0n) is 14.1. The Morgan fingerprint density at radius 1 is 1.25 bits per heavy atom. The summed E-state index contributed by atoms with van der Waals surface area (Å²) in [4.78, 5) is 24.3. The normalized spacial score (nSPS) is 21.3. The van der Waals surface area contributed by atoms with E-state index in [1.165, 1.54) is 6.07 Å². The topological polar surface area (TPSA) is 58.2 Å². The van der Waals surface area contributed by atoms with E-state index in [2.05, 4.69) is 10.6 Å². The van der Waals surface area contributed by atoms with Gasteiger partial charge in [0.05, 0.1) is 6.04 Å². The fourth-order valence-electron chi connectivity index (χ4n) is 3.89. The molecule has 4 nitrogen and oxygen atoms in total. The predicted octanol–water partition coefficient (Wildman–Crippen LogP) is 3.01. The van der Waals surface area contributed by atoms with Crippen LogP contribution in [0.2, 0.25) is 0 Å². The molecule has 0 aliphatic heterocycles. The van der Waals surface area contributed by atoms with E-state index in [4.69, 9.17) is 0 Å². The Kier molecular flexibility index (Phi) is 5.17. The largest absolute Gasteiger partial charge is 0.353 e. The molecule has 1 fully saturated rings. The van der Waals surface area contributed by atoms with Crippen LogP contribution in [0.15, 0.2) is 18.2 Å². The first-order valence-corrected chi connectivity index (χ1v) is 8.91. The molecule has 5 heteroatoms. The highest BCUT2D eigenvalue weighted by molar-refractivity contribution is 5.81. The summed E-state index contributed by atoms with van der Waals surface area (Å²) < 4.78 is 13.7. The Morgan fingerprint density at radius 3 is 2.75 bits per heavy atom. The number of rotatable bonds is 5. The molecule has 3 rings (SSSR count). The van der Waals surface area contributed by atoms with Gasteiger partial charge in [-0.15, -0.1) is 0 Å². The summed E-state index contributed by atoms with van der Waals surface area (Å²) in [6.45, 7) is 1.86. The molecule has 2 amide bonds. The van der Waals surface area contributed by atoms with Crippen molar-refractivity contribution in [3.63, 3.8) is 0 Å². The van der Waals surface area contributed by atoms with E-state index in [-0.39, 0.29) is 42.1 Å². The zero-order valence-corrected chi connectivity index (χ0v) is 14.1. The summed E-state index contributed by atoms with van der Waals surface area (Å²) in [6.07, 6.45) is 5.77. The average molecular weight is 332 g/mol. The van der Waals surface area contributed by atoms with Crippen LogP contribution in [0.3, 0.4) is 0 Å². The van der Waals surface area contributed by atoms with Gasteiger partial charge in [0.1, 0.15) is 5.82 Å². The molecule has 2 N–H and O–H groups in total. The number of carbonyl (C=O) groups excluding carboxylic acids is 2. The summed E-state index contributed by atoms with van der Waals surface area (Å²) in [7, 11) is 0. The van der Waals surface area contributed by atoms with E-state index >= 15 is 0 Å². The lowest BCUT2D eigenvalue weighted by molar-refractivity contribution is -0.126. The minimum absolute atomic E-state index is 0.0704. The molecule has 0 spiro atoms. The molecular weight excluding hydrogens is 307 g/mol. The smallest absolute Gasteiger partial charge is 0.223 e. The van der Waals surface area contributed by atoms with Gasteiger partial charge in [0.15, 0.2) is 0 Å². The van der Waals surface area contributed by atoms with Crippen LogP contribution in [0.4, 0.5) is 4.39 Å². The number of benzene rings is 1. The number of carbonyl (C=O) groups is 2. The minimum atomic E-state index is -0.193. The average Bonchev–Trinajstić information content (AvgIpc) is 3.18. The van der Waals surface area contributed by atoms with Crippen LogP contribution in [0.25, 0.3) is 0 Å². The van der Waals surface area contributed by atoms with Crippen LogP contribution in [-0.2, 0) is 16.0 Å². The van der Waals surface area contributed by atoms with Gasteiger partial charge in [-0.1, -0.05) is 25.0 Å². The van der Waals surface area contributed by atoms with Crippen molar-refractivity contribution in [1.29, 1.82) is 0 Å². The second kappa shape index (κ2) is 7.32. The molecule has 0 heterocycles. The number of nitrogens with one attached hydrogen (secondary N) is 2. The van der Waals surface area contributed by atoms with E-state index in [1.54, 1.807) is 6.07 Å². The Hall–Kier alpha value is -1.91. The van der Waals surface area contributed by atoms with Crippen LogP contribution >= 0.6 is 0 Å². The predicted molar refractivity (Wildman–Crippen MR) is 89.8 cm³/mol. The fraction of sp³-hybridized carbons (Fsp3) is 0.579. The van der Waals surface area contributed by atoms with Crippen molar-refractivity contribution in [2.24, 2.45) is 5.92 Å². The van der Waals surface area contributed by atoms with Gasteiger partial charge >= 0.3 is 0 Å². The first-order valence-electron chi connectivity index (χ1n) is 8.91. The zero-order chi connectivity index (χ0) is 17.1. The van der Waals surface area contributed by atoms with Crippen molar-refractivity contribution in [1.82, 2.24) is 10.6 Å². The van der Waals surface area contributed by atoms with E-state index < -0.39 is 0 Å². The quantitative estimate of drug-likeness (QED) is 0.871. The molecule has 2 aliphatic carbocycles. The summed E-state index contributed by atoms with van der Waals surface area (Å²) >= 11 is 0. The Balaban J connectivity index is 1.49. The van der Waals surface area contributed by atoms with E-state index in [0.29, 0.717) is 12.0 Å². The van der Waals surface area contributed by atoms with Gasteiger partial charge in [-0.05, 0) is 49.8 Å². The Morgan fingerprint density at radius 2 is 2.00 bits per heavy atom. The maximum Gasteiger partial charge on any atom is 0.223 e. The van der Waals surface area contributed by atoms with Crippen LogP contribution in [0.5, 0.6) is 0 Å². The van der Waals surface area contributed by atoms with Crippen LogP contribution < -0.4 is 10.6 Å². The summed E-state index contributed by atoms with van der Waals surface area (Å²) in [6, 6.07) is 4.71. The highest BCUT2D eigenvalue weighted by atomic mass is 19.1. The van der Waals surface area contributed by atoms with Gasteiger partial charge in [0, 0.05) is 18.4 Å². The monoisotopic (exact) mass is 332 g/mol.